The Bertz CT molecular complexity index is 695. The molecule has 0 aliphatic rings. The van der Waals surface area contributed by atoms with Crippen molar-refractivity contribution in [2.24, 2.45) is 0 Å². The molecule has 0 fully saturated rings. The number of nitrogens with one attached hydrogen (secondary N) is 2. The van der Waals surface area contributed by atoms with Crippen molar-refractivity contribution >= 4 is 29.7 Å². The third kappa shape index (κ3) is 4.68. The Balaban J connectivity index is 1.75. The fourth-order valence-corrected chi connectivity index (χ4v) is 2.71. The highest BCUT2D eigenvalue weighted by atomic mass is 35.5. The van der Waals surface area contributed by atoms with E-state index in [1.54, 1.807) is 0 Å². The number of aryl methyl sites for hydroxylation is 1. The van der Waals surface area contributed by atoms with Crippen LogP contribution in [0.4, 0.5) is 0 Å². The van der Waals surface area contributed by atoms with Crippen molar-refractivity contribution in [1.29, 1.82) is 0 Å². The first-order chi connectivity index (χ1) is 10.6. The molecule has 0 bridgehead atoms. The topological polar surface area (TPSA) is 62.7 Å². The van der Waals surface area contributed by atoms with Gasteiger partial charge in [-0.25, -0.2) is 0 Å². The van der Waals surface area contributed by atoms with Gasteiger partial charge < -0.3 is 9.88 Å². The molecule has 0 radical (unpaired) electrons. The Labute approximate surface area is 139 Å². The van der Waals surface area contributed by atoms with Crippen molar-refractivity contribution in [3.8, 4) is 0 Å². The van der Waals surface area contributed by atoms with Crippen LogP contribution in [0.3, 0.4) is 0 Å². The summed E-state index contributed by atoms with van der Waals surface area (Å²) in [6.45, 7) is 3.33. The number of aromatic nitrogens is 3. The predicted octanol–water partition coefficient (Wildman–Crippen LogP) is 2.91. The molecule has 1 aromatic heterocycles. The van der Waals surface area contributed by atoms with Gasteiger partial charge in [-0.2, -0.15) is 5.10 Å². The van der Waals surface area contributed by atoms with Crippen LogP contribution in [-0.2, 0) is 24.2 Å². The highest BCUT2D eigenvalue weighted by molar-refractivity contribution is 7.71. The highest BCUT2D eigenvalue weighted by Crippen LogP contribution is 2.12. The molecule has 0 saturated heterocycles. The van der Waals surface area contributed by atoms with Crippen LogP contribution in [0.1, 0.15) is 24.7 Å². The van der Waals surface area contributed by atoms with E-state index in [0.29, 0.717) is 35.6 Å². The molecule has 2 rings (SSSR count). The summed E-state index contributed by atoms with van der Waals surface area (Å²) in [5, 5.41) is 10.5. The molecule has 5 nitrogen and oxygen atoms in total. The van der Waals surface area contributed by atoms with Crippen molar-refractivity contribution < 1.29 is 4.79 Å². The first-order valence-electron chi connectivity index (χ1n) is 7.25. The third-order valence-electron chi connectivity index (χ3n) is 3.35. The summed E-state index contributed by atoms with van der Waals surface area (Å²) in [6.07, 6.45) is 1.78. The summed E-state index contributed by atoms with van der Waals surface area (Å²) >= 11 is 11.0. The van der Waals surface area contributed by atoms with E-state index in [4.69, 9.17) is 23.8 Å². The Morgan fingerprint density at radius 2 is 2.27 bits per heavy atom. The molecule has 118 valence electrons. The van der Waals surface area contributed by atoms with E-state index < -0.39 is 0 Å². The van der Waals surface area contributed by atoms with Crippen LogP contribution in [0.5, 0.6) is 0 Å². The van der Waals surface area contributed by atoms with E-state index in [0.717, 1.165) is 17.9 Å². The lowest BCUT2D eigenvalue weighted by atomic mass is 10.1. The predicted molar refractivity (Wildman–Crippen MR) is 89.6 cm³/mol. The van der Waals surface area contributed by atoms with Gasteiger partial charge in [0.1, 0.15) is 5.82 Å². The molecule has 0 unspecified atom stereocenters. The molecular weight excluding hydrogens is 320 g/mol. The monoisotopic (exact) mass is 338 g/mol. The summed E-state index contributed by atoms with van der Waals surface area (Å²) in [5.41, 5.74) is 1.06. The Hall–Kier alpha value is -1.66. The zero-order chi connectivity index (χ0) is 15.9. The number of hydrogen-bond donors (Lipinski definition) is 2. The number of benzene rings is 1. The Morgan fingerprint density at radius 1 is 1.45 bits per heavy atom. The second-order valence-corrected chi connectivity index (χ2v) is 5.74. The van der Waals surface area contributed by atoms with Gasteiger partial charge in [-0.15, -0.1) is 0 Å². The average Bonchev–Trinajstić information content (AvgIpc) is 2.85. The van der Waals surface area contributed by atoms with E-state index in [1.807, 2.05) is 35.8 Å². The SMILES string of the molecule is CCn1c(CCNC(=O)CCc2cccc(Cl)c2)n[nH]c1=S. The summed E-state index contributed by atoms with van der Waals surface area (Å²) in [7, 11) is 0. The number of nitrogens with zero attached hydrogens (tertiary/aromatic N) is 2. The minimum absolute atomic E-state index is 0.0251. The molecule has 0 aliphatic carbocycles. The number of H-pyrrole nitrogens is 1. The van der Waals surface area contributed by atoms with Gasteiger partial charge in [0.15, 0.2) is 4.77 Å². The van der Waals surface area contributed by atoms with Crippen molar-refractivity contribution in [3.05, 3.63) is 45.4 Å². The molecule has 7 heteroatoms. The number of amides is 1. The second kappa shape index (κ2) is 8.10. The van der Waals surface area contributed by atoms with Crippen LogP contribution in [0.15, 0.2) is 24.3 Å². The molecule has 2 N–H and O–H groups in total. The smallest absolute Gasteiger partial charge is 0.220 e. The van der Waals surface area contributed by atoms with Crippen LogP contribution in [0.25, 0.3) is 0 Å². The van der Waals surface area contributed by atoms with Crippen molar-refractivity contribution in [1.82, 2.24) is 20.1 Å². The van der Waals surface area contributed by atoms with Crippen molar-refractivity contribution in [3.63, 3.8) is 0 Å². The zero-order valence-electron chi connectivity index (χ0n) is 12.4. The first kappa shape index (κ1) is 16.7. The lowest BCUT2D eigenvalue weighted by Gasteiger charge is -2.06. The van der Waals surface area contributed by atoms with Gasteiger partial charge in [0.2, 0.25) is 5.91 Å². The van der Waals surface area contributed by atoms with E-state index in [2.05, 4.69) is 15.5 Å². The standard InChI is InChI=1S/C15H19ClN4OS/c1-2-20-13(18-19-15(20)22)8-9-17-14(21)7-6-11-4-3-5-12(16)10-11/h3-5,10H,2,6-9H2,1H3,(H,17,21)(H,19,22). The summed E-state index contributed by atoms with van der Waals surface area (Å²) < 4.78 is 2.54. The number of halogens is 1. The van der Waals surface area contributed by atoms with Gasteiger partial charge in [-0.1, -0.05) is 23.7 Å². The number of carbonyl (C=O) groups is 1. The van der Waals surface area contributed by atoms with Gasteiger partial charge in [0.25, 0.3) is 0 Å². The summed E-state index contributed by atoms with van der Waals surface area (Å²) in [4.78, 5) is 11.9. The zero-order valence-corrected chi connectivity index (χ0v) is 14.0. The van der Waals surface area contributed by atoms with Gasteiger partial charge in [-0.3, -0.25) is 9.89 Å². The number of hydrogen-bond acceptors (Lipinski definition) is 3. The number of carbonyl (C=O) groups excluding carboxylic acids is 1. The van der Waals surface area contributed by atoms with Gasteiger partial charge in [0, 0.05) is 31.0 Å². The number of aromatic amines is 1. The van der Waals surface area contributed by atoms with Crippen LogP contribution in [-0.4, -0.2) is 27.2 Å². The number of rotatable bonds is 7. The maximum Gasteiger partial charge on any atom is 0.220 e. The summed E-state index contributed by atoms with van der Waals surface area (Å²) in [5.74, 6) is 0.889. The maximum absolute atomic E-state index is 11.9. The van der Waals surface area contributed by atoms with Gasteiger partial charge in [-0.05, 0) is 43.3 Å². The first-order valence-corrected chi connectivity index (χ1v) is 8.04. The van der Waals surface area contributed by atoms with Gasteiger partial charge in [0.05, 0.1) is 0 Å². The largest absolute Gasteiger partial charge is 0.356 e. The molecular formula is C15H19ClN4OS. The molecule has 1 aromatic carbocycles. The second-order valence-electron chi connectivity index (χ2n) is 4.92. The Morgan fingerprint density at radius 3 is 3.00 bits per heavy atom. The minimum Gasteiger partial charge on any atom is -0.356 e. The van der Waals surface area contributed by atoms with E-state index in [-0.39, 0.29) is 5.91 Å². The maximum atomic E-state index is 11.9. The minimum atomic E-state index is 0.0251. The van der Waals surface area contributed by atoms with Crippen LogP contribution in [0, 0.1) is 4.77 Å². The lowest BCUT2D eigenvalue weighted by molar-refractivity contribution is -0.121. The Kier molecular flexibility index (Phi) is 6.15. The van der Waals surface area contributed by atoms with Crippen LogP contribution in [0.2, 0.25) is 5.02 Å². The molecule has 0 saturated carbocycles. The molecule has 2 aromatic rings. The summed E-state index contributed by atoms with van der Waals surface area (Å²) in [6, 6.07) is 7.57. The van der Waals surface area contributed by atoms with E-state index >= 15 is 0 Å². The third-order valence-corrected chi connectivity index (χ3v) is 3.90. The van der Waals surface area contributed by atoms with Gasteiger partial charge >= 0.3 is 0 Å². The molecule has 22 heavy (non-hydrogen) atoms. The van der Waals surface area contributed by atoms with E-state index in [1.165, 1.54) is 0 Å². The van der Waals surface area contributed by atoms with Crippen molar-refractivity contribution in [2.75, 3.05) is 6.54 Å². The molecule has 0 atom stereocenters. The molecule has 0 spiro atoms. The molecule has 1 heterocycles. The molecule has 0 aliphatic heterocycles. The van der Waals surface area contributed by atoms with Crippen molar-refractivity contribution in [2.45, 2.75) is 32.7 Å². The molecule has 1 amide bonds. The highest BCUT2D eigenvalue weighted by Gasteiger charge is 2.06. The lowest BCUT2D eigenvalue weighted by Crippen LogP contribution is -2.26. The van der Waals surface area contributed by atoms with E-state index in [9.17, 15) is 4.79 Å². The van der Waals surface area contributed by atoms with Crippen LogP contribution >= 0.6 is 23.8 Å². The normalized spacial score (nSPS) is 10.6. The van der Waals surface area contributed by atoms with Crippen LogP contribution < -0.4 is 5.32 Å². The quantitative estimate of drug-likeness (QED) is 0.763. The fourth-order valence-electron chi connectivity index (χ4n) is 2.22. The fraction of sp³-hybridized carbons (Fsp3) is 0.400. The average molecular weight is 339 g/mol.